The molecule has 234 valence electrons. The second-order valence-corrected chi connectivity index (χ2v) is 14.6. The van der Waals surface area contributed by atoms with Crippen molar-refractivity contribution in [2.75, 3.05) is 39.8 Å². The number of likely N-dealkylation sites (tertiary alicyclic amines) is 1. The third kappa shape index (κ3) is 6.66. The van der Waals surface area contributed by atoms with Crippen LogP contribution < -0.4 is 26.6 Å². The van der Waals surface area contributed by atoms with Crippen molar-refractivity contribution in [3.05, 3.63) is 0 Å². The van der Waals surface area contributed by atoms with Gasteiger partial charge in [-0.25, -0.2) is 0 Å². The number of nitrogens with zero attached hydrogens (tertiary/aromatic N) is 1. The standard InChI is InChI=1S/C27H44ClF3N6O3S/c1-12-5-15(16-6-22(28)33-9-20(16)40-4)18(8-32-12)24(38)36-26-35-19-10-37(11-21(19)41-26)25(39)17-7-34-23(27(29,30)31)14(3)13(17)2/h12-23,26,32-35H,5-11H2,1-4H3,(H,36,38). The van der Waals surface area contributed by atoms with Gasteiger partial charge in [-0.1, -0.05) is 13.8 Å². The number of nitrogens with one attached hydrogen (secondary N) is 5. The first-order chi connectivity index (χ1) is 19.4. The van der Waals surface area contributed by atoms with E-state index < -0.39 is 24.1 Å². The summed E-state index contributed by atoms with van der Waals surface area (Å²) in [4.78, 5) is 28.8. The maximum atomic E-state index is 13.6. The summed E-state index contributed by atoms with van der Waals surface area (Å²) < 4.78 is 45.9. The molecule has 0 aromatic heterocycles. The Kier molecular flexibility index (Phi) is 9.75. The highest BCUT2D eigenvalue weighted by Gasteiger charge is 2.52. The molecular weight excluding hydrogens is 581 g/mol. The van der Waals surface area contributed by atoms with Gasteiger partial charge >= 0.3 is 6.18 Å². The van der Waals surface area contributed by atoms with Crippen LogP contribution in [0, 0.1) is 35.5 Å². The van der Waals surface area contributed by atoms with Gasteiger partial charge in [-0.2, -0.15) is 13.2 Å². The van der Waals surface area contributed by atoms with Crippen LogP contribution in [0.15, 0.2) is 0 Å². The third-order valence-corrected chi connectivity index (χ3v) is 11.9. The van der Waals surface area contributed by atoms with Crippen molar-refractivity contribution in [1.29, 1.82) is 0 Å². The van der Waals surface area contributed by atoms with E-state index in [0.29, 0.717) is 32.2 Å². The van der Waals surface area contributed by atoms with Crippen LogP contribution in [0.4, 0.5) is 13.2 Å². The fourth-order valence-electron chi connectivity index (χ4n) is 7.70. The number of ether oxygens (including phenoxy) is 1. The van der Waals surface area contributed by atoms with Crippen LogP contribution >= 0.6 is 23.4 Å². The number of halogens is 4. The van der Waals surface area contributed by atoms with Gasteiger partial charge in [-0.05, 0) is 43.4 Å². The number of fused-ring (bicyclic) bond motifs is 1. The zero-order chi connectivity index (χ0) is 29.6. The fraction of sp³-hybridized carbons (Fsp3) is 0.926. The van der Waals surface area contributed by atoms with Gasteiger partial charge in [0.05, 0.1) is 23.4 Å². The minimum absolute atomic E-state index is 0.00174. The van der Waals surface area contributed by atoms with Crippen LogP contribution in [0.1, 0.15) is 33.6 Å². The van der Waals surface area contributed by atoms with Crippen molar-refractivity contribution >= 4 is 35.2 Å². The molecule has 0 aromatic rings. The van der Waals surface area contributed by atoms with E-state index in [-0.39, 0.29) is 70.4 Å². The van der Waals surface area contributed by atoms with Crippen molar-refractivity contribution in [2.24, 2.45) is 35.5 Å². The first-order valence-electron chi connectivity index (χ1n) is 14.8. The number of carbonyl (C=O) groups is 2. The Morgan fingerprint density at radius 1 is 0.976 bits per heavy atom. The Labute approximate surface area is 249 Å². The number of rotatable bonds is 5. The lowest BCUT2D eigenvalue weighted by Crippen LogP contribution is -2.59. The monoisotopic (exact) mass is 624 g/mol. The van der Waals surface area contributed by atoms with E-state index in [9.17, 15) is 22.8 Å². The maximum absolute atomic E-state index is 13.6. The molecule has 5 rings (SSSR count). The van der Waals surface area contributed by atoms with Crippen molar-refractivity contribution in [3.8, 4) is 0 Å². The largest absolute Gasteiger partial charge is 0.404 e. The molecule has 5 heterocycles. The highest BCUT2D eigenvalue weighted by Crippen LogP contribution is 2.40. The fourth-order valence-corrected chi connectivity index (χ4v) is 9.40. The Morgan fingerprint density at radius 2 is 1.71 bits per heavy atom. The van der Waals surface area contributed by atoms with Gasteiger partial charge in [0, 0.05) is 57.2 Å². The molecule has 5 N–H and O–H groups in total. The van der Waals surface area contributed by atoms with Gasteiger partial charge < -0.3 is 25.6 Å². The number of hydrogen-bond acceptors (Lipinski definition) is 8. The van der Waals surface area contributed by atoms with Crippen molar-refractivity contribution in [3.63, 3.8) is 0 Å². The molecule has 13 atom stereocenters. The minimum Gasteiger partial charge on any atom is -0.380 e. The van der Waals surface area contributed by atoms with Gasteiger partial charge in [0.25, 0.3) is 0 Å². The summed E-state index contributed by atoms with van der Waals surface area (Å²) in [6, 6.07) is -1.27. The van der Waals surface area contributed by atoms with E-state index in [1.165, 1.54) is 0 Å². The van der Waals surface area contributed by atoms with Gasteiger partial charge in [0.15, 0.2) is 0 Å². The molecule has 41 heavy (non-hydrogen) atoms. The van der Waals surface area contributed by atoms with Crippen LogP contribution in [0.5, 0.6) is 0 Å². The van der Waals surface area contributed by atoms with Crippen LogP contribution in [-0.2, 0) is 14.3 Å². The molecule has 5 aliphatic rings. The topological polar surface area (TPSA) is 107 Å². The van der Waals surface area contributed by atoms with Crippen LogP contribution in [0.25, 0.3) is 0 Å². The van der Waals surface area contributed by atoms with Gasteiger partial charge in [0.1, 0.15) is 11.5 Å². The number of alkyl halides is 4. The van der Waals surface area contributed by atoms with Crippen molar-refractivity contribution in [1.82, 2.24) is 31.5 Å². The molecule has 0 aliphatic carbocycles. The molecule has 14 heteroatoms. The van der Waals surface area contributed by atoms with E-state index in [1.54, 1.807) is 37.6 Å². The normalized spacial score (nSPS) is 45.4. The molecule has 5 aliphatic heterocycles. The predicted octanol–water partition coefficient (Wildman–Crippen LogP) is 1.53. The molecule has 0 saturated carbocycles. The average molecular weight is 625 g/mol. The number of carbonyl (C=O) groups excluding carboxylic acids is 2. The highest BCUT2D eigenvalue weighted by atomic mass is 35.5. The highest BCUT2D eigenvalue weighted by molar-refractivity contribution is 8.00. The lowest BCUT2D eigenvalue weighted by molar-refractivity contribution is -0.181. The Balaban J connectivity index is 1.15. The summed E-state index contributed by atoms with van der Waals surface area (Å²) in [6.07, 6.45) is -2.71. The number of methoxy groups -OCH3 is 1. The SMILES string of the molecule is COC1CNC(Cl)CC1C1CC(C)NCC1C(=O)NC1NC2CN(C(=O)C3CNC(C(F)(F)F)C(C)C3C)CC2S1. The lowest BCUT2D eigenvalue weighted by atomic mass is 9.70. The quantitative estimate of drug-likeness (QED) is 0.232. The van der Waals surface area contributed by atoms with E-state index in [2.05, 4.69) is 33.5 Å². The summed E-state index contributed by atoms with van der Waals surface area (Å²) in [5, 5.41) is 16.1. The van der Waals surface area contributed by atoms with E-state index in [0.717, 1.165) is 12.8 Å². The first-order valence-corrected chi connectivity index (χ1v) is 16.2. The molecule has 5 saturated heterocycles. The van der Waals surface area contributed by atoms with Gasteiger partial charge in [-0.15, -0.1) is 23.4 Å². The number of amides is 2. The second-order valence-electron chi connectivity index (χ2n) is 12.7. The summed E-state index contributed by atoms with van der Waals surface area (Å²) in [6.45, 7) is 7.75. The minimum atomic E-state index is -4.33. The summed E-state index contributed by atoms with van der Waals surface area (Å²) in [5.74, 6) is -1.53. The smallest absolute Gasteiger partial charge is 0.380 e. The van der Waals surface area contributed by atoms with Crippen molar-refractivity contribution < 1.29 is 27.5 Å². The third-order valence-electron chi connectivity index (χ3n) is 10.3. The first kappa shape index (κ1) is 31.6. The average Bonchev–Trinajstić information content (AvgIpc) is 3.47. The molecule has 2 amide bonds. The summed E-state index contributed by atoms with van der Waals surface area (Å²) >= 11 is 8.07. The number of piperidine rings is 3. The lowest BCUT2D eigenvalue weighted by Gasteiger charge is -2.45. The van der Waals surface area contributed by atoms with Gasteiger partial charge in [-0.3, -0.25) is 20.2 Å². The molecule has 5 fully saturated rings. The summed E-state index contributed by atoms with van der Waals surface area (Å²) in [5.41, 5.74) is -0.399. The van der Waals surface area contributed by atoms with E-state index >= 15 is 0 Å². The molecule has 0 radical (unpaired) electrons. The molecule has 13 unspecified atom stereocenters. The zero-order valence-electron chi connectivity index (χ0n) is 24.0. The summed E-state index contributed by atoms with van der Waals surface area (Å²) in [7, 11) is 1.71. The van der Waals surface area contributed by atoms with E-state index in [4.69, 9.17) is 16.3 Å². The van der Waals surface area contributed by atoms with Crippen LogP contribution in [0.2, 0.25) is 0 Å². The van der Waals surface area contributed by atoms with E-state index in [1.807, 2.05) is 0 Å². The Bertz CT molecular complexity index is 954. The number of thioether (sulfide) groups is 1. The predicted molar refractivity (Wildman–Crippen MR) is 152 cm³/mol. The molecule has 0 aromatic carbocycles. The Hall–Kier alpha value is -0.830. The Morgan fingerprint density at radius 3 is 2.39 bits per heavy atom. The van der Waals surface area contributed by atoms with Crippen LogP contribution in [-0.4, -0.2) is 103 Å². The molecule has 9 nitrogen and oxygen atoms in total. The van der Waals surface area contributed by atoms with Gasteiger partial charge in [0.2, 0.25) is 11.8 Å². The molecule has 0 spiro atoms. The molecular formula is C27H44ClF3N6O3S. The second kappa shape index (κ2) is 12.6. The molecule has 0 bridgehead atoms. The zero-order valence-corrected chi connectivity index (χ0v) is 25.6. The number of hydrogen-bond donors (Lipinski definition) is 5. The van der Waals surface area contributed by atoms with Crippen LogP contribution in [0.3, 0.4) is 0 Å². The van der Waals surface area contributed by atoms with Crippen molar-refractivity contribution in [2.45, 2.75) is 80.3 Å². The maximum Gasteiger partial charge on any atom is 0.404 e.